The third-order valence-corrected chi connectivity index (χ3v) is 7.16. The second-order valence-electron chi connectivity index (χ2n) is 7.08. The average Bonchev–Trinajstić information content (AvgIpc) is 2.71. The molecule has 0 atom stereocenters. The van der Waals surface area contributed by atoms with Crippen LogP contribution in [0.25, 0.3) is 0 Å². The molecular weight excluding hydrogens is 388 g/mol. The maximum absolute atomic E-state index is 12.9. The van der Waals surface area contributed by atoms with Gasteiger partial charge < -0.3 is 5.32 Å². The quantitative estimate of drug-likeness (QED) is 0.812. The summed E-state index contributed by atoms with van der Waals surface area (Å²) in [6.45, 7) is 5.62. The van der Waals surface area contributed by atoms with Gasteiger partial charge in [-0.3, -0.25) is 9.69 Å². The number of sulfonamides is 1. The molecule has 1 aliphatic heterocycles. The molecule has 0 saturated carbocycles. The maximum Gasteiger partial charge on any atom is 0.244 e. The van der Waals surface area contributed by atoms with Crippen molar-refractivity contribution in [2.75, 3.05) is 38.0 Å². The first-order valence-corrected chi connectivity index (χ1v) is 10.8. The van der Waals surface area contributed by atoms with Crippen LogP contribution in [0.3, 0.4) is 0 Å². The van der Waals surface area contributed by atoms with E-state index in [-0.39, 0.29) is 36.0 Å². The zero-order valence-corrected chi connectivity index (χ0v) is 17.4. The first-order chi connectivity index (χ1) is 13.8. The fourth-order valence-corrected chi connectivity index (χ4v) is 4.89. The van der Waals surface area contributed by atoms with E-state index in [2.05, 4.69) is 5.32 Å². The molecule has 1 amide bonds. The van der Waals surface area contributed by atoms with Crippen molar-refractivity contribution in [3.63, 3.8) is 0 Å². The molecule has 1 N–H and O–H groups in total. The molecule has 2 aromatic carbocycles. The Labute approximate surface area is 171 Å². The zero-order valence-electron chi connectivity index (χ0n) is 16.6. The Morgan fingerprint density at radius 1 is 1.07 bits per heavy atom. The van der Waals surface area contributed by atoms with Crippen LogP contribution in [-0.4, -0.2) is 56.3 Å². The molecular formula is C21H24N4O3S. The lowest BCUT2D eigenvalue weighted by Crippen LogP contribution is -2.50. The summed E-state index contributed by atoms with van der Waals surface area (Å²) in [5, 5.41) is 12.1. The van der Waals surface area contributed by atoms with Crippen molar-refractivity contribution in [1.29, 1.82) is 5.26 Å². The molecule has 152 valence electrons. The molecule has 0 radical (unpaired) electrons. The minimum absolute atomic E-state index is 0.0311. The predicted molar refractivity (Wildman–Crippen MR) is 111 cm³/mol. The number of nitriles is 1. The van der Waals surface area contributed by atoms with Gasteiger partial charge in [0.15, 0.2) is 0 Å². The van der Waals surface area contributed by atoms with Crippen LogP contribution >= 0.6 is 0 Å². The largest absolute Gasteiger partial charge is 0.325 e. The number of amides is 1. The molecule has 1 saturated heterocycles. The van der Waals surface area contributed by atoms with Crippen LogP contribution in [0.1, 0.15) is 16.7 Å². The highest BCUT2D eigenvalue weighted by molar-refractivity contribution is 7.89. The highest BCUT2D eigenvalue weighted by Gasteiger charge is 2.30. The summed E-state index contributed by atoms with van der Waals surface area (Å²) in [7, 11) is -3.73. The van der Waals surface area contributed by atoms with Crippen molar-refractivity contribution < 1.29 is 13.2 Å². The van der Waals surface area contributed by atoms with E-state index in [1.54, 1.807) is 12.1 Å². The van der Waals surface area contributed by atoms with Crippen LogP contribution in [0.2, 0.25) is 0 Å². The first kappa shape index (κ1) is 21.0. The van der Waals surface area contributed by atoms with E-state index in [0.717, 1.165) is 16.8 Å². The summed E-state index contributed by atoms with van der Waals surface area (Å²) in [4.78, 5) is 14.4. The number of rotatable bonds is 5. The smallest absolute Gasteiger partial charge is 0.244 e. The normalized spacial score (nSPS) is 15.6. The van der Waals surface area contributed by atoms with Crippen LogP contribution in [0.15, 0.2) is 47.4 Å². The van der Waals surface area contributed by atoms with Crippen LogP contribution in [0.4, 0.5) is 5.69 Å². The van der Waals surface area contributed by atoms with Crippen LogP contribution in [0, 0.1) is 25.2 Å². The number of nitrogens with one attached hydrogen (secondary N) is 1. The Bertz CT molecular complexity index is 1050. The number of carbonyl (C=O) groups excluding carboxylic acids is 1. The molecule has 3 rings (SSSR count). The molecule has 1 heterocycles. The van der Waals surface area contributed by atoms with E-state index in [1.807, 2.05) is 43.0 Å². The molecule has 0 unspecified atom stereocenters. The van der Waals surface area contributed by atoms with Gasteiger partial charge in [-0.25, -0.2) is 8.42 Å². The van der Waals surface area contributed by atoms with Crippen molar-refractivity contribution >= 4 is 21.6 Å². The number of aryl methyl sites for hydroxylation is 1. The summed E-state index contributed by atoms with van der Waals surface area (Å²) in [5.74, 6) is -0.121. The molecule has 8 heteroatoms. The predicted octanol–water partition coefficient (Wildman–Crippen LogP) is 2.12. The lowest BCUT2D eigenvalue weighted by atomic mass is 10.1. The van der Waals surface area contributed by atoms with E-state index in [0.29, 0.717) is 13.1 Å². The van der Waals surface area contributed by atoms with Gasteiger partial charge in [0.05, 0.1) is 17.0 Å². The van der Waals surface area contributed by atoms with Gasteiger partial charge in [0.25, 0.3) is 0 Å². The highest BCUT2D eigenvalue weighted by Crippen LogP contribution is 2.21. The standard InChI is InChI=1S/C21H24N4O3S/c1-16-6-5-8-19(17(16)2)23-21(26)15-24-10-12-25(13-11-24)29(27,28)20-9-4-3-7-18(20)14-22/h3-9H,10-13,15H2,1-2H3,(H,23,26). The van der Waals surface area contributed by atoms with Crippen molar-refractivity contribution in [1.82, 2.24) is 9.21 Å². The Morgan fingerprint density at radius 2 is 1.76 bits per heavy atom. The molecule has 1 fully saturated rings. The van der Waals surface area contributed by atoms with Gasteiger partial charge >= 0.3 is 0 Å². The number of anilines is 1. The second kappa shape index (κ2) is 8.74. The topological polar surface area (TPSA) is 93.5 Å². The molecule has 29 heavy (non-hydrogen) atoms. The monoisotopic (exact) mass is 412 g/mol. The second-order valence-corrected chi connectivity index (χ2v) is 8.99. The molecule has 0 aromatic heterocycles. The molecule has 7 nitrogen and oxygen atoms in total. The van der Waals surface area contributed by atoms with E-state index >= 15 is 0 Å². The van der Waals surface area contributed by atoms with Gasteiger partial charge in [-0.15, -0.1) is 0 Å². The van der Waals surface area contributed by atoms with Gasteiger partial charge in [-0.05, 0) is 43.2 Å². The van der Waals surface area contributed by atoms with Crippen molar-refractivity contribution in [2.24, 2.45) is 0 Å². The minimum Gasteiger partial charge on any atom is -0.325 e. The van der Waals surface area contributed by atoms with Crippen LogP contribution < -0.4 is 5.32 Å². The van der Waals surface area contributed by atoms with Gasteiger partial charge in [0, 0.05) is 31.9 Å². The highest BCUT2D eigenvalue weighted by atomic mass is 32.2. The number of hydrogen-bond acceptors (Lipinski definition) is 5. The molecule has 2 aromatic rings. The summed E-state index contributed by atoms with van der Waals surface area (Å²) in [6.07, 6.45) is 0. The summed E-state index contributed by atoms with van der Waals surface area (Å²) in [6, 6.07) is 13.9. The third-order valence-electron chi connectivity index (χ3n) is 5.20. The van der Waals surface area contributed by atoms with Gasteiger partial charge in [-0.2, -0.15) is 9.57 Å². The van der Waals surface area contributed by atoms with E-state index in [1.165, 1.54) is 16.4 Å². The number of benzene rings is 2. The Morgan fingerprint density at radius 3 is 2.45 bits per heavy atom. The average molecular weight is 413 g/mol. The van der Waals surface area contributed by atoms with E-state index < -0.39 is 10.0 Å². The number of carbonyl (C=O) groups is 1. The number of nitrogens with zero attached hydrogens (tertiary/aromatic N) is 3. The van der Waals surface area contributed by atoms with Crippen LogP contribution in [-0.2, 0) is 14.8 Å². The summed E-state index contributed by atoms with van der Waals surface area (Å²) < 4.78 is 27.1. The lowest BCUT2D eigenvalue weighted by molar-refractivity contribution is -0.117. The summed E-state index contributed by atoms with van der Waals surface area (Å²) in [5.41, 5.74) is 3.08. The summed E-state index contributed by atoms with van der Waals surface area (Å²) >= 11 is 0. The SMILES string of the molecule is Cc1cccc(NC(=O)CN2CCN(S(=O)(=O)c3ccccc3C#N)CC2)c1C. The van der Waals surface area contributed by atoms with Gasteiger partial charge in [0.1, 0.15) is 6.07 Å². The van der Waals surface area contributed by atoms with Gasteiger partial charge in [0.2, 0.25) is 15.9 Å². The molecule has 1 aliphatic rings. The van der Waals surface area contributed by atoms with Crippen molar-refractivity contribution in [3.8, 4) is 6.07 Å². The number of piperazine rings is 1. The fraction of sp³-hybridized carbons (Fsp3) is 0.333. The minimum atomic E-state index is -3.73. The first-order valence-electron chi connectivity index (χ1n) is 9.40. The van der Waals surface area contributed by atoms with Crippen molar-refractivity contribution in [3.05, 3.63) is 59.2 Å². The number of hydrogen-bond donors (Lipinski definition) is 1. The molecule has 0 spiro atoms. The molecule has 0 aliphatic carbocycles. The Hall–Kier alpha value is -2.73. The third kappa shape index (κ3) is 4.65. The lowest BCUT2D eigenvalue weighted by Gasteiger charge is -2.33. The van der Waals surface area contributed by atoms with E-state index in [4.69, 9.17) is 0 Å². The van der Waals surface area contributed by atoms with Gasteiger partial charge in [-0.1, -0.05) is 24.3 Å². The zero-order chi connectivity index (χ0) is 21.0. The maximum atomic E-state index is 12.9. The Balaban J connectivity index is 1.60. The Kier molecular flexibility index (Phi) is 6.33. The van der Waals surface area contributed by atoms with Crippen molar-refractivity contribution in [2.45, 2.75) is 18.7 Å². The molecule has 0 bridgehead atoms. The van der Waals surface area contributed by atoms with E-state index in [9.17, 15) is 18.5 Å². The van der Waals surface area contributed by atoms with Crippen LogP contribution in [0.5, 0.6) is 0 Å². The fourth-order valence-electron chi connectivity index (χ4n) is 3.33.